The number of aryl methyl sites for hydroxylation is 3. The standard InChI is InChI=1S/C22H20N2O2/c1-14-11-15(2)21(16(3)12-14)24-13-19(25)18-9-10-23-22(26)20(18)17-7-5-4-6-8-17/h4-13H,1-3H3,(H,23,26). The van der Waals surface area contributed by atoms with Crippen LogP contribution in [0.2, 0.25) is 0 Å². The van der Waals surface area contributed by atoms with Gasteiger partial charge in [0, 0.05) is 11.8 Å². The van der Waals surface area contributed by atoms with E-state index >= 15 is 0 Å². The molecule has 4 heteroatoms. The lowest BCUT2D eigenvalue weighted by Crippen LogP contribution is -2.15. The normalized spacial score (nSPS) is 11.0. The molecule has 0 atom stereocenters. The van der Waals surface area contributed by atoms with Gasteiger partial charge in [-0.3, -0.25) is 14.6 Å². The zero-order valence-electron chi connectivity index (χ0n) is 15.0. The largest absolute Gasteiger partial charge is 0.329 e. The van der Waals surface area contributed by atoms with Crippen LogP contribution in [0.25, 0.3) is 11.1 Å². The Morgan fingerprint density at radius 1 is 1.00 bits per heavy atom. The first-order valence-corrected chi connectivity index (χ1v) is 8.40. The first-order chi connectivity index (χ1) is 12.5. The molecular formula is C22H20N2O2. The number of carbonyl (C=O) groups is 1. The zero-order valence-corrected chi connectivity index (χ0v) is 15.0. The van der Waals surface area contributed by atoms with E-state index in [1.54, 1.807) is 6.07 Å². The number of aromatic amines is 1. The van der Waals surface area contributed by atoms with Gasteiger partial charge in [-0.05, 0) is 43.5 Å². The van der Waals surface area contributed by atoms with Gasteiger partial charge in [-0.2, -0.15) is 0 Å². The van der Waals surface area contributed by atoms with Crippen molar-refractivity contribution in [1.29, 1.82) is 0 Å². The van der Waals surface area contributed by atoms with Crippen molar-refractivity contribution in [2.24, 2.45) is 4.99 Å². The molecule has 0 bridgehead atoms. The average Bonchev–Trinajstić information content (AvgIpc) is 2.61. The molecule has 3 aromatic rings. The molecule has 0 radical (unpaired) electrons. The third-order valence-electron chi connectivity index (χ3n) is 4.24. The van der Waals surface area contributed by atoms with Crippen molar-refractivity contribution in [1.82, 2.24) is 4.98 Å². The van der Waals surface area contributed by atoms with Crippen molar-refractivity contribution >= 4 is 17.7 Å². The first-order valence-electron chi connectivity index (χ1n) is 8.40. The maximum atomic E-state index is 12.8. The van der Waals surface area contributed by atoms with Crippen LogP contribution in [0.1, 0.15) is 27.0 Å². The molecule has 0 amide bonds. The Balaban J connectivity index is 2.02. The lowest BCUT2D eigenvalue weighted by atomic mass is 9.99. The molecule has 0 aliphatic heterocycles. The van der Waals surface area contributed by atoms with Crippen LogP contribution in [-0.2, 0) is 0 Å². The highest BCUT2D eigenvalue weighted by Crippen LogP contribution is 2.25. The molecule has 1 heterocycles. The molecule has 0 saturated heterocycles. The van der Waals surface area contributed by atoms with Crippen LogP contribution in [0.15, 0.2) is 64.5 Å². The summed E-state index contributed by atoms with van der Waals surface area (Å²) in [5.74, 6) is -0.297. The van der Waals surface area contributed by atoms with E-state index in [1.165, 1.54) is 12.4 Å². The topological polar surface area (TPSA) is 62.3 Å². The van der Waals surface area contributed by atoms with E-state index in [4.69, 9.17) is 0 Å². The number of carbonyl (C=O) groups excluding carboxylic acids is 1. The molecule has 1 N–H and O–H groups in total. The second-order valence-electron chi connectivity index (χ2n) is 6.33. The van der Waals surface area contributed by atoms with Crippen molar-refractivity contribution in [3.63, 3.8) is 0 Å². The van der Waals surface area contributed by atoms with Crippen LogP contribution in [0.5, 0.6) is 0 Å². The number of hydrogen-bond acceptors (Lipinski definition) is 3. The fourth-order valence-corrected chi connectivity index (χ4v) is 3.14. The predicted octanol–water partition coefficient (Wildman–Crippen LogP) is 4.55. The number of Topliss-reactive ketones (excluding diaryl/α,β-unsaturated/α-hetero) is 1. The Labute approximate surface area is 152 Å². The van der Waals surface area contributed by atoms with Crippen LogP contribution in [0.4, 0.5) is 5.69 Å². The SMILES string of the molecule is Cc1cc(C)c(N=CC(=O)c2cc[nH]c(=O)c2-c2ccccc2)c(C)c1. The molecule has 3 rings (SSSR count). The van der Waals surface area contributed by atoms with E-state index in [1.807, 2.05) is 63.2 Å². The van der Waals surface area contributed by atoms with Crippen LogP contribution < -0.4 is 5.56 Å². The summed E-state index contributed by atoms with van der Waals surface area (Å²) < 4.78 is 0. The number of H-pyrrole nitrogens is 1. The second-order valence-corrected chi connectivity index (χ2v) is 6.33. The molecule has 0 unspecified atom stereocenters. The van der Waals surface area contributed by atoms with E-state index in [2.05, 4.69) is 9.98 Å². The minimum Gasteiger partial charge on any atom is -0.329 e. The number of aromatic nitrogens is 1. The molecule has 0 aliphatic carbocycles. The molecule has 26 heavy (non-hydrogen) atoms. The highest BCUT2D eigenvalue weighted by atomic mass is 16.1. The highest BCUT2D eigenvalue weighted by molar-refractivity contribution is 6.37. The number of hydrogen-bond donors (Lipinski definition) is 1. The van der Waals surface area contributed by atoms with Gasteiger partial charge in [0.25, 0.3) is 5.56 Å². The molecular weight excluding hydrogens is 324 g/mol. The Morgan fingerprint density at radius 2 is 1.65 bits per heavy atom. The molecule has 2 aromatic carbocycles. The number of rotatable bonds is 4. The molecule has 130 valence electrons. The number of ketones is 1. The number of benzene rings is 2. The lowest BCUT2D eigenvalue weighted by molar-refractivity contribution is 0.107. The molecule has 0 spiro atoms. The van der Waals surface area contributed by atoms with Gasteiger partial charge < -0.3 is 4.98 Å². The van der Waals surface area contributed by atoms with Gasteiger partial charge in [-0.15, -0.1) is 0 Å². The van der Waals surface area contributed by atoms with E-state index in [9.17, 15) is 9.59 Å². The quantitative estimate of drug-likeness (QED) is 0.557. The number of aliphatic imine (C=N–C) groups is 1. The first kappa shape index (κ1) is 17.5. The van der Waals surface area contributed by atoms with Gasteiger partial charge in [-0.1, -0.05) is 48.0 Å². The second kappa shape index (κ2) is 7.31. The molecule has 0 aliphatic rings. The Kier molecular flexibility index (Phi) is 4.94. The summed E-state index contributed by atoms with van der Waals surface area (Å²) in [6.07, 6.45) is 2.78. The van der Waals surface area contributed by atoms with Crippen molar-refractivity contribution in [3.05, 3.63) is 87.3 Å². The minimum absolute atomic E-state index is 0.293. The number of pyridine rings is 1. The Bertz CT molecular complexity index is 1020. The smallest absolute Gasteiger partial charge is 0.256 e. The van der Waals surface area contributed by atoms with Gasteiger partial charge in [-0.25, -0.2) is 0 Å². The van der Waals surface area contributed by atoms with E-state index in [0.717, 1.165) is 22.4 Å². The fourth-order valence-electron chi connectivity index (χ4n) is 3.14. The van der Waals surface area contributed by atoms with Crippen molar-refractivity contribution in [2.75, 3.05) is 0 Å². The third kappa shape index (κ3) is 3.54. The van der Waals surface area contributed by atoms with E-state index < -0.39 is 0 Å². The summed E-state index contributed by atoms with van der Waals surface area (Å²) >= 11 is 0. The van der Waals surface area contributed by atoms with Gasteiger partial charge in [0.1, 0.15) is 0 Å². The van der Waals surface area contributed by atoms with E-state index in [0.29, 0.717) is 16.7 Å². The lowest BCUT2D eigenvalue weighted by Gasteiger charge is -2.07. The van der Waals surface area contributed by atoms with Gasteiger partial charge in [0.2, 0.25) is 5.78 Å². The molecule has 0 saturated carbocycles. The van der Waals surface area contributed by atoms with Gasteiger partial charge in [0.15, 0.2) is 0 Å². The minimum atomic E-state index is -0.297. The molecule has 0 fully saturated rings. The Hall–Kier alpha value is -3.27. The average molecular weight is 344 g/mol. The number of nitrogens with one attached hydrogen (secondary N) is 1. The van der Waals surface area contributed by atoms with Crippen LogP contribution in [-0.4, -0.2) is 17.0 Å². The summed E-state index contributed by atoms with van der Waals surface area (Å²) in [7, 11) is 0. The predicted molar refractivity (Wildman–Crippen MR) is 106 cm³/mol. The monoisotopic (exact) mass is 344 g/mol. The molecule has 4 nitrogen and oxygen atoms in total. The Morgan fingerprint density at radius 3 is 2.31 bits per heavy atom. The zero-order chi connectivity index (χ0) is 18.7. The third-order valence-corrected chi connectivity index (χ3v) is 4.24. The summed E-state index contributed by atoms with van der Waals surface area (Å²) in [6.45, 7) is 5.97. The van der Waals surface area contributed by atoms with E-state index in [-0.39, 0.29) is 11.3 Å². The van der Waals surface area contributed by atoms with Crippen LogP contribution in [0.3, 0.4) is 0 Å². The molecule has 1 aromatic heterocycles. The fraction of sp³-hybridized carbons (Fsp3) is 0.136. The summed E-state index contributed by atoms with van der Waals surface area (Å²) in [6, 6.07) is 14.9. The van der Waals surface area contributed by atoms with Crippen LogP contribution >= 0.6 is 0 Å². The van der Waals surface area contributed by atoms with Crippen LogP contribution in [0, 0.1) is 20.8 Å². The summed E-state index contributed by atoms with van der Waals surface area (Å²) in [4.78, 5) is 32.1. The summed E-state index contributed by atoms with van der Waals surface area (Å²) in [5.41, 5.74) is 5.09. The number of nitrogens with zero attached hydrogens (tertiary/aromatic N) is 1. The van der Waals surface area contributed by atoms with Gasteiger partial charge >= 0.3 is 0 Å². The van der Waals surface area contributed by atoms with Crippen molar-refractivity contribution in [2.45, 2.75) is 20.8 Å². The highest BCUT2D eigenvalue weighted by Gasteiger charge is 2.15. The summed E-state index contributed by atoms with van der Waals surface area (Å²) in [5, 5.41) is 0. The maximum absolute atomic E-state index is 12.8. The van der Waals surface area contributed by atoms with Gasteiger partial charge in [0.05, 0.1) is 17.5 Å². The van der Waals surface area contributed by atoms with Crippen molar-refractivity contribution < 1.29 is 4.79 Å². The maximum Gasteiger partial charge on any atom is 0.256 e. The van der Waals surface area contributed by atoms with Crippen molar-refractivity contribution in [3.8, 4) is 11.1 Å².